The first-order valence-electron chi connectivity index (χ1n) is 4.97. The van der Waals surface area contributed by atoms with Crippen molar-refractivity contribution in [2.24, 2.45) is 0 Å². The number of carbonyl (C=O) groups is 1. The molecular formula is C10H9BrF2N2O2. The highest BCUT2D eigenvalue weighted by molar-refractivity contribution is 9.10. The van der Waals surface area contributed by atoms with E-state index in [1.807, 2.05) is 0 Å². The van der Waals surface area contributed by atoms with Gasteiger partial charge < -0.3 is 10.1 Å². The fraction of sp³-hybridized carbons (Fsp3) is 0.400. The van der Waals surface area contributed by atoms with Gasteiger partial charge in [-0.3, -0.25) is 4.79 Å². The van der Waals surface area contributed by atoms with Gasteiger partial charge in [-0.05, 0) is 34.8 Å². The van der Waals surface area contributed by atoms with E-state index in [9.17, 15) is 13.6 Å². The highest BCUT2D eigenvalue weighted by atomic mass is 79.9. The maximum absolute atomic E-state index is 12.2. The quantitative estimate of drug-likeness (QED) is 0.929. The van der Waals surface area contributed by atoms with Crippen molar-refractivity contribution in [1.82, 2.24) is 10.3 Å². The molecule has 1 aromatic rings. The molecule has 1 saturated carbocycles. The van der Waals surface area contributed by atoms with Gasteiger partial charge in [-0.1, -0.05) is 0 Å². The Morgan fingerprint density at radius 2 is 2.29 bits per heavy atom. The number of nitrogens with one attached hydrogen (secondary N) is 1. The predicted octanol–water partition coefficient (Wildman–Crippen LogP) is 2.34. The maximum Gasteiger partial charge on any atom is 0.387 e. The summed E-state index contributed by atoms with van der Waals surface area (Å²) in [5.74, 6) is -0.719. The van der Waals surface area contributed by atoms with Crippen molar-refractivity contribution in [2.75, 3.05) is 0 Å². The molecule has 1 aromatic heterocycles. The number of nitrogens with zero attached hydrogens (tertiary/aromatic N) is 1. The largest absolute Gasteiger partial charge is 0.432 e. The zero-order valence-electron chi connectivity index (χ0n) is 8.62. The van der Waals surface area contributed by atoms with Crippen molar-refractivity contribution >= 4 is 21.8 Å². The van der Waals surface area contributed by atoms with Crippen LogP contribution >= 0.6 is 15.9 Å². The van der Waals surface area contributed by atoms with Gasteiger partial charge in [0.05, 0.1) is 0 Å². The van der Waals surface area contributed by atoms with Crippen LogP contribution in [0.3, 0.4) is 0 Å². The molecule has 0 unspecified atom stereocenters. The van der Waals surface area contributed by atoms with Gasteiger partial charge in [0.2, 0.25) is 0 Å². The van der Waals surface area contributed by atoms with Crippen LogP contribution < -0.4 is 10.1 Å². The minimum Gasteiger partial charge on any atom is -0.432 e. The van der Waals surface area contributed by atoms with Crippen LogP contribution in [-0.2, 0) is 0 Å². The topological polar surface area (TPSA) is 51.2 Å². The van der Waals surface area contributed by atoms with E-state index in [4.69, 9.17) is 0 Å². The van der Waals surface area contributed by atoms with Crippen LogP contribution in [0.5, 0.6) is 5.75 Å². The third-order valence-corrected chi connectivity index (χ3v) is 2.60. The van der Waals surface area contributed by atoms with Gasteiger partial charge in [-0.25, -0.2) is 4.98 Å². The number of amides is 1. The molecule has 0 aliphatic heterocycles. The fourth-order valence-corrected chi connectivity index (χ4v) is 1.57. The number of pyridine rings is 1. The summed E-state index contributed by atoms with van der Waals surface area (Å²) in [6.07, 6.45) is 3.18. The minimum absolute atomic E-state index is 0.125. The summed E-state index contributed by atoms with van der Waals surface area (Å²) < 4.78 is 29.1. The van der Waals surface area contributed by atoms with Crippen LogP contribution in [0.2, 0.25) is 0 Å². The molecule has 0 aromatic carbocycles. The SMILES string of the molecule is O=C(NC1CC1)c1ncc(Br)cc1OC(F)F. The van der Waals surface area contributed by atoms with Gasteiger partial charge in [0.1, 0.15) is 0 Å². The van der Waals surface area contributed by atoms with Gasteiger partial charge in [0, 0.05) is 16.7 Å². The summed E-state index contributed by atoms with van der Waals surface area (Å²) in [6, 6.07) is 1.42. The van der Waals surface area contributed by atoms with E-state index in [1.54, 1.807) is 0 Å². The number of hydrogen-bond donors (Lipinski definition) is 1. The van der Waals surface area contributed by atoms with Gasteiger partial charge in [0.25, 0.3) is 5.91 Å². The lowest BCUT2D eigenvalue weighted by Gasteiger charge is -2.10. The Morgan fingerprint density at radius 3 is 2.88 bits per heavy atom. The minimum atomic E-state index is -2.99. The first-order valence-corrected chi connectivity index (χ1v) is 5.77. The molecule has 2 rings (SSSR count). The van der Waals surface area contributed by atoms with Crippen molar-refractivity contribution in [3.05, 3.63) is 22.4 Å². The smallest absolute Gasteiger partial charge is 0.387 e. The van der Waals surface area contributed by atoms with Crippen molar-refractivity contribution < 1.29 is 18.3 Å². The number of aromatic nitrogens is 1. The van der Waals surface area contributed by atoms with Crippen LogP contribution in [0.4, 0.5) is 8.78 Å². The van der Waals surface area contributed by atoms with Crippen molar-refractivity contribution in [3.63, 3.8) is 0 Å². The molecule has 1 heterocycles. The number of carbonyl (C=O) groups excluding carboxylic acids is 1. The predicted molar refractivity (Wildman–Crippen MR) is 59.1 cm³/mol. The first-order chi connectivity index (χ1) is 8.06. The molecule has 0 bridgehead atoms. The van der Waals surface area contributed by atoms with Crippen LogP contribution in [0.1, 0.15) is 23.3 Å². The summed E-state index contributed by atoms with van der Waals surface area (Å²) >= 11 is 3.08. The third kappa shape index (κ3) is 3.36. The monoisotopic (exact) mass is 306 g/mol. The zero-order chi connectivity index (χ0) is 12.4. The van der Waals surface area contributed by atoms with Gasteiger partial charge in [-0.15, -0.1) is 0 Å². The van der Waals surface area contributed by atoms with E-state index in [2.05, 4.69) is 31.0 Å². The van der Waals surface area contributed by atoms with E-state index in [0.29, 0.717) is 4.47 Å². The second-order valence-corrected chi connectivity index (χ2v) is 4.54. The van der Waals surface area contributed by atoms with Gasteiger partial charge in [0.15, 0.2) is 11.4 Å². The molecule has 1 fully saturated rings. The zero-order valence-corrected chi connectivity index (χ0v) is 10.2. The van der Waals surface area contributed by atoms with E-state index in [-0.39, 0.29) is 17.5 Å². The van der Waals surface area contributed by atoms with E-state index >= 15 is 0 Å². The fourth-order valence-electron chi connectivity index (χ4n) is 1.26. The molecule has 4 nitrogen and oxygen atoms in total. The van der Waals surface area contributed by atoms with Crippen molar-refractivity contribution in [3.8, 4) is 5.75 Å². The lowest BCUT2D eigenvalue weighted by Crippen LogP contribution is -2.27. The summed E-state index contributed by atoms with van der Waals surface area (Å²) in [5, 5.41) is 2.66. The van der Waals surface area contributed by atoms with E-state index in [0.717, 1.165) is 12.8 Å². The summed E-state index contributed by atoms with van der Waals surface area (Å²) in [5.41, 5.74) is -0.125. The van der Waals surface area contributed by atoms with Crippen LogP contribution in [0.25, 0.3) is 0 Å². The van der Waals surface area contributed by atoms with Gasteiger partial charge >= 0.3 is 6.61 Å². The second kappa shape index (κ2) is 4.95. The molecule has 1 amide bonds. The molecule has 0 radical (unpaired) electrons. The highest BCUT2D eigenvalue weighted by Crippen LogP contribution is 2.25. The Labute approximate surface area is 104 Å². The normalized spacial score (nSPS) is 14.8. The van der Waals surface area contributed by atoms with Crippen LogP contribution in [0.15, 0.2) is 16.7 Å². The Morgan fingerprint density at radius 1 is 1.59 bits per heavy atom. The van der Waals surface area contributed by atoms with Crippen LogP contribution in [-0.4, -0.2) is 23.5 Å². The van der Waals surface area contributed by atoms with Gasteiger partial charge in [-0.2, -0.15) is 8.78 Å². The number of hydrogen-bond acceptors (Lipinski definition) is 3. The second-order valence-electron chi connectivity index (χ2n) is 3.63. The maximum atomic E-state index is 12.2. The third-order valence-electron chi connectivity index (χ3n) is 2.16. The summed E-state index contributed by atoms with van der Waals surface area (Å²) in [6.45, 7) is -2.99. The molecule has 7 heteroatoms. The molecule has 1 N–H and O–H groups in total. The summed E-state index contributed by atoms with van der Waals surface area (Å²) in [4.78, 5) is 15.5. The van der Waals surface area contributed by atoms with Crippen molar-refractivity contribution in [2.45, 2.75) is 25.5 Å². The molecule has 0 atom stereocenters. The average Bonchev–Trinajstić information content (AvgIpc) is 3.00. The molecule has 0 saturated heterocycles. The molecule has 1 aliphatic rings. The molecule has 17 heavy (non-hydrogen) atoms. The van der Waals surface area contributed by atoms with E-state index in [1.165, 1.54) is 12.3 Å². The number of rotatable bonds is 4. The highest BCUT2D eigenvalue weighted by Gasteiger charge is 2.26. The number of alkyl halides is 2. The van der Waals surface area contributed by atoms with Crippen LogP contribution in [0, 0.1) is 0 Å². The summed E-state index contributed by atoms with van der Waals surface area (Å²) in [7, 11) is 0. The Hall–Kier alpha value is -1.24. The Bertz CT molecular complexity index is 438. The Balaban J connectivity index is 2.20. The molecule has 0 spiro atoms. The first kappa shape index (κ1) is 12.2. The molecule has 92 valence electrons. The average molecular weight is 307 g/mol. The number of ether oxygens (including phenoxy) is 1. The standard InChI is InChI=1S/C10H9BrF2N2O2/c11-5-3-7(17-10(12)13)8(14-4-5)9(16)15-6-1-2-6/h3-4,6,10H,1-2H2,(H,15,16). The lowest BCUT2D eigenvalue weighted by atomic mass is 10.3. The number of halogens is 3. The van der Waals surface area contributed by atoms with E-state index < -0.39 is 12.5 Å². The van der Waals surface area contributed by atoms with Crippen molar-refractivity contribution in [1.29, 1.82) is 0 Å². The Kier molecular flexibility index (Phi) is 3.56. The molecule has 1 aliphatic carbocycles. The lowest BCUT2D eigenvalue weighted by molar-refractivity contribution is -0.0504. The molecular weight excluding hydrogens is 298 g/mol.